The van der Waals surface area contributed by atoms with Gasteiger partial charge in [0.1, 0.15) is 6.07 Å². The highest BCUT2D eigenvalue weighted by Crippen LogP contribution is 2.42. The Bertz CT molecular complexity index is 441. The van der Waals surface area contributed by atoms with Crippen LogP contribution in [-0.4, -0.2) is 17.5 Å². The van der Waals surface area contributed by atoms with Gasteiger partial charge >= 0.3 is 0 Å². The molecule has 17 heavy (non-hydrogen) atoms. The summed E-state index contributed by atoms with van der Waals surface area (Å²) in [5, 5.41) is 12.4. The second kappa shape index (κ2) is 4.89. The van der Waals surface area contributed by atoms with Crippen molar-refractivity contribution in [1.82, 2.24) is 0 Å². The molecule has 90 valence electrons. The quantitative estimate of drug-likeness (QED) is 0.803. The minimum Gasteiger partial charge on any atom is -0.399 e. The first-order chi connectivity index (χ1) is 8.19. The van der Waals surface area contributed by atoms with Crippen LogP contribution in [0.4, 0.5) is 11.4 Å². The van der Waals surface area contributed by atoms with Crippen LogP contribution in [-0.2, 0) is 0 Å². The molecule has 0 aromatic heterocycles. The Balaban J connectivity index is 2.06. The largest absolute Gasteiger partial charge is 0.399 e. The molecule has 0 spiro atoms. The monoisotopic (exact) mass is 247 g/mol. The number of nitrogens with two attached hydrogens (primary N) is 1. The summed E-state index contributed by atoms with van der Waals surface area (Å²) in [4.78, 5) is 0. The minimum atomic E-state index is 0.369. The average Bonchev–Trinajstić information content (AvgIpc) is 2.29. The lowest BCUT2D eigenvalue weighted by molar-refractivity contribution is 0.380. The summed E-state index contributed by atoms with van der Waals surface area (Å²) in [7, 11) is 0. The molecule has 1 fully saturated rings. The van der Waals surface area contributed by atoms with Gasteiger partial charge in [-0.1, -0.05) is 6.42 Å². The Kier molecular flexibility index (Phi) is 3.49. The summed E-state index contributed by atoms with van der Waals surface area (Å²) < 4.78 is 0.369. The zero-order valence-electron chi connectivity index (χ0n) is 9.99. The minimum absolute atomic E-state index is 0.369. The van der Waals surface area contributed by atoms with Crippen LogP contribution in [0.2, 0.25) is 0 Å². The maximum absolute atomic E-state index is 9.05. The molecule has 2 rings (SSSR count). The van der Waals surface area contributed by atoms with E-state index in [-0.39, 0.29) is 0 Å². The van der Waals surface area contributed by atoms with Gasteiger partial charge in [0.15, 0.2) is 0 Å². The van der Waals surface area contributed by atoms with Crippen LogP contribution < -0.4 is 11.1 Å². The predicted octanol–water partition coefficient (Wildman–Crippen LogP) is 2.84. The molecule has 1 saturated carbocycles. The first kappa shape index (κ1) is 12.1. The topological polar surface area (TPSA) is 61.8 Å². The van der Waals surface area contributed by atoms with Crippen LogP contribution in [0.3, 0.4) is 0 Å². The van der Waals surface area contributed by atoms with Crippen molar-refractivity contribution in [1.29, 1.82) is 5.26 Å². The standard InChI is InChI=1S/C13H17N3S/c1-17-13(5-2-6-13)9-16-12-4-3-11(15)7-10(12)8-14/h3-4,7,16H,2,5-6,9,15H2,1H3. The third kappa shape index (κ3) is 2.50. The molecule has 1 aromatic rings. The molecule has 0 radical (unpaired) electrons. The molecule has 1 aliphatic carbocycles. The van der Waals surface area contributed by atoms with Crippen LogP contribution in [0.15, 0.2) is 18.2 Å². The highest BCUT2D eigenvalue weighted by Gasteiger charge is 2.35. The molecule has 0 bridgehead atoms. The van der Waals surface area contributed by atoms with E-state index in [4.69, 9.17) is 11.0 Å². The highest BCUT2D eigenvalue weighted by atomic mass is 32.2. The lowest BCUT2D eigenvalue weighted by atomic mass is 9.84. The second-order valence-corrected chi connectivity index (χ2v) is 5.79. The molecule has 3 nitrogen and oxygen atoms in total. The van der Waals surface area contributed by atoms with E-state index in [0.29, 0.717) is 16.0 Å². The van der Waals surface area contributed by atoms with Crippen molar-refractivity contribution in [2.24, 2.45) is 0 Å². The Hall–Kier alpha value is -1.34. The maximum Gasteiger partial charge on any atom is 0.101 e. The van der Waals surface area contributed by atoms with E-state index in [1.165, 1.54) is 19.3 Å². The number of thioether (sulfide) groups is 1. The fraction of sp³-hybridized carbons (Fsp3) is 0.462. The summed E-state index contributed by atoms with van der Waals surface area (Å²) in [6, 6.07) is 7.61. The van der Waals surface area contributed by atoms with Gasteiger partial charge in [0.05, 0.1) is 11.3 Å². The first-order valence-corrected chi connectivity index (χ1v) is 7.00. The van der Waals surface area contributed by atoms with Crippen LogP contribution >= 0.6 is 11.8 Å². The van der Waals surface area contributed by atoms with Gasteiger partial charge in [0, 0.05) is 17.0 Å². The van der Waals surface area contributed by atoms with Crippen molar-refractivity contribution in [2.75, 3.05) is 23.9 Å². The number of benzene rings is 1. The van der Waals surface area contributed by atoms with Crippen LogP contribution in [0.5, 0.6) is 0 Å². The van der Waals surface area contributed by atoms with Crippen molar-refractivity contribution in [3.05, 3.63) is 23.8 Å². The van der Waals surface area contributed by atoms with Gasteiger partial charge in [0.25, 0.3) is 0 Å². The number of rotatable bonds is 4. The lowest BCUT2D eigenvalue weighted by Crippen LogP contribution is -2.40. The van der Waals surface area contributed by atoms with Gasteiger partial charge in [-0.25, -0.2) is 0 Å². The maximum atomic E-state index is 9.05. The molecule has 1 aliphatic rings. The first-order valence-electron chi connectivity index (χ1n) is 5.78. The third-order valence-corrected chi connectivity index (χ3v) is 4.88. The molecule has 1 aromatic carbocycles. The summed E-state index contributed by atoms with van der Waals surface area (Å²) >= 11 is 1.92. The van der Waals surface area contributed by atoms with Crippen molar-refractivity contribution in [3.63, 3.8) is 0 Å². The molecular weight excluding hydrogens is 230 g/mol. The number of hydrogen-bond donors (Lipinski definition) is 2. The Labute approximate surface area is 106 Å². The van der Waals surface area contributed by atoms with Gasteiger partial charge in [-0.05, 0) is 37.3 Å². The van der Waals surface area contributed by atoms with Crippen molar-refractivity contribution < 1.29 is 0 Å². The van der Waals surface area contributed by atoms with Gasteiger partial charge in [0.2, 0.25) is 0 Å². The summed E-state index contributed by atoms with van der Waals surface area (Å²) in [6.07, 6.45) is 6.00. The second-order valence-electron chi connectivity index (χ2n) is 4.51. The van der Waals surface area contributed by atoms with Crippen molar-refractivity contribution >= 4 is 23.1 Å². The Morgan fingerprint density at radius 3 is 2.82 bits per heavy atom. The van der Waals surface area contributed by atoms with E-state index >= 15 is 0 Å². The molecule has 0 heterocycles. The predicted molar refractivity (Wildman–Crippen MR) is 74.2 cm³/mol. The average molecular weight is 247 g/mol. The lowest BCUT2D eigenvalue weighted by Gasteiger charge is -2.40. The van der Waals surface area contributed by atoms with E-state index in [1.54, 1.807) is 6.07 Å². The summed E-state index contributed by atoms with van der Waals surface area (Å²) in [5.41, 5.74) is 7.82. The number of nitrogen functional groups attached to an aromatic ring is 1. The van der Waals surface area contributed by atoms with E-state index in [1.807, 2.05) is 23.9 Å². The van der Waals surface area contributed by atoms with E-state index in [0.717, 1.165) is 12.2 Å². The fourth-order valence-corrected chi connectivity index (χ4v) is 3.00. The zero-order valence-corrected chi connectivity index (χ0v) is 10.8. The number of hydrogen-bond acceptors (Lipinski definition) is 4. The summed E-state index contributed by atoms with van der Waals surface area (Å²) in [6.45, 7) is 0.923. The summed E-state index contributed by atoms with van der Waals surface area (Å²) in [5.74, 6) is 0. The van der Waals surface area contributed by atoms with E-state index in [9.17, 15) is 0 Å². The van der Waals surface area contributed by atoms with Gasteiger partial charge < -0.3 is 11.1 Å². The molecular formula is C13H17N3S. The SMILES string of the molecule is CSC1(CNc2ccc(N)cc2C#N)CCC1. The zero-order chi connectivity index (χ0) is 12.3. The fourth-order valence-electron chi connectivity index (χ4n) is 2.09. The molecule has 3 N–H and O–H groups in total. The van der Waals surface area contributed by atoms with Gasteiger partial charge in [-0.15, -0.1) is 0 Å². The Morgan fingerprint density at radius 2 is 2.29 bits per heavy atom. The molecule has 0 atom stereocenters. The van der Waals surface area contributed by atoms with E-state index in [2.05, 4.69) is 17.6 Å². The number of anilines is 2. The third-order valence-electron chi connectivity index (χ3n) is 3.46. The van der Waals surface area contributed by atoms with Gasteiger partial charge in [-0.2, -0.15) is 17.0 Å². The molecule has 0 unspecified atom stereocenters. The number of nitrogens with one attached hydrogen (secondary N) is 1. The molecule has 0 amide bonds. The normalized spacial score (nSPS) is 16.9. The Morgan fingerprint density at radius 1 is 1.53 bits per heavy atom. The van der Waals surface area contributed by atoms with Gasteiger partial charge in [-0.3, -0.25) is 0 Å². The molecule has 4 heteroatoms. The number of nitriles is 1. The number of nitrogens with zero attached hydrogens (tertiary/aromatic N) is 1. The van der Waals surface area contributed by atoms with Crippen molar-refractivity contribution in [2.45, 2.75) is 24.0 Å². The molecule has 0 saturated heterocycles. The van der Waals surface area contributed by atoms with Crippen LogP contribution in [0, 0.1) is 11.3 Å². The van der Waals surface area contributed by atoms with Crippen LogP contribution in [0.25, 0.3) is 0 Å². The van der Waals surface area contributed by atoms with Crippen LogP contribution in [0.1, 0.15) is 24.8 Å². The van der Waals surface area contributed by atoms with Crippen molar-refractivity contribution in [3.8, 4) is 6.07 Å². The molecule has 0 aliphatic heterocycles. The van der Waals surface area contributed by atoms with E-state index < -0.39 is 0 Å². The smallest absolute Gasteiger partial charge is 0.101 e. The highest BCUT2D eigenvalue weighted by molar-refractivity contribution is 8.00.